The molecule has 0 aliphatic heterocycles. The van der Waals surface area contributed by atoms with Gasteiger partial charge in [0.05, 0.1) is 18.2 Å². The first-order valence-corrected chi connectivity index (χ1v) is 7.37. The second-order valence-electron chi connectivity index (χ2n) is 4.50. The molecule has 0 atom stereocenters. The van der Waals surface area contributed by atoms with Crippen molar-refractivity contribution in [2.75, 3.05) is 6.61 Å². The van der Waals surface area contributed by atoms with Gasteiger partial charge in [-0.3, -0.25) is 4.79 Å². The average molecular weight is 327 g/mol. The Bertz CT molecular complexity index is 585. The Morgan fingerprint density at radius 2 is 2.14 bits per heavy atom. The fraction of sp³-hybridized carbons (Fsp3) is 0.267. The number of nitrogens with one attached hydrogen (secondary N) is 2. The van der Waals surface area contributed by atoms with E-state index in [0.29, 0.717) is 41.8 Å². The van der Waals surface area contributed by atoms with Crippen molar-refractivity contribution in [3.05, 3.63) is 52.3 Å². The molecule has 0 bridgehead atoms. The molecule has 0 saturated heterocycles. The Balaban J connectivity index is 1.64. The van der Waals surface area contributed by atoms with Crippen LogP contribution in [0.1, 0.15) is 18.5 Å². The topological polar surface area (TPSA) is 54.1 Å². The number of aromatic nitrogens is 1. The molecule has 1 aromatic heterocycles. The Hall–Kier alpha value is -1.65. The molecule has 2 rings (SSSR count). The van der Waals surface area contributed by atoms with Gasteiger partial charge >= 0.3 is 0 Å². The summed E-state index contributed by atoms with van der Waals surface area (Å²) in [6.07, 6.45) is 2.85. The summed E-state index contributed by atoms with van der Waals surface area (Å²) in [6.45, 7) is 0.937. The molecular weight excluding hydrogens is 311 g/mol. The number of carbonyl (C=O) groups excluding carboxylic acids is 1. The zero-order chi connectivity index (χ0) is 15.1. The Morgan fingerprint density at radius 3 is 2.86 bits per heavy atom. The number of aromatic amines is 1. The van der Waals surface area contributed by atoms with Crippen molar-refractivity contribution < 1.29 is 9.53 Å². The monoisotopic (exact) mass is 326 g/mol. The van der Waals surface area contributed by atoms with Gasteiger partial charge in [0.15, 0.2) is 0 Å². The SMILES string of the molecule is O=C(CCCOc1ccc(Cl)cc1Cl)NCc1ccc[nH]1. The van der Waals surface area contributed by atoms with Crippen LogP contribution < -0.4 is 10.1 Å². The standard InChI is InChI=1S/C15H16Cl2N2O2/c16-11-5-6-14(13(17)9-11)21-8-2-4-15(20)19-10-12-3-1-7-18-12/h1,3,5-7,9,18H,2,4,8,10H2,(H,19,20). The van der Waals surface area contributed by atoms with Crippen molar-refractivity contribution in [1.82, 2.24) is 10.3 Å². The number of carbonyl (C=O) groups is 1. The highest BCUT2D eigenvalue weighted by molar-refractivity contribution is 6.35. The van der Waals surface area contributed by atoms with Gasteiger partial charge in [0.1, 0.15) is 5.75 Å². The quantitative estimate of drug-likeness (QED) is 0.760. The van der Waals surface area contributed by atoms with Gasteiger partial charge in [-0.15, -0.1) is 0 Å². The van der Waals surface area contributed by atoms with Gasteiger partial charge in [0, 0.05) is 23.3 Å². The molecule has 112 valence electrons. The summed E-state index contributed by atoms with van der Waals surface area (Å²) >= 11 is 11.8. The summed E-state index contributed by atoms with van der Waals surface area (Å²) in [5.41, 5.74) is 0.979. The van der Waals surface area contributed by atoms with E-state index in [-0.39, 0.29) is 5.91 Å². The normalized spacial score (nSPS) is 10.4. The number of rotatable bonds is 7. The number of hydrogen-bond donors (Lipinski definition) is 2. The van der Waals surface area contributed by atoms with E-state index in [9.17, 15) is 4.79 Å². The third-order valence-corrected chi connectivity index (χ3v) is 3.37. The lowest BCUT2D eigenvalue weighted by Gasteiger charge is -2.08. The summed E-state index contributed by atoms with van der Waals surface area (Å²) in [5, 5.41) is 3.87. The number of ether oxygens (including phenoxy) is 1. The molecule has 0 radical (unpaired) electrons. The highest BCUT2D eigenvalue weighted by atomic mass is 35.5. The van der Waals surface area contributed by atoms with E-state index in [1.165, 1.54) is 0 Å². The highest BCUT2D eigenvalue weighted by Crippen LogP contribution is 2.27. The van der Waals surface area contributed by atoms with E-state index < -0.39 is 0 Å². The lowest BCUT2D eigenvalue weighted by atomic mass is 10.3. The first-order valence-electron chi connectivity index (χ1n) is 6.62. The fourth-order valence-corrected chi connectivity index (χ4v) is 2.23. The highest BCUT2D eigenvalue weighted by Gasteiger charge is 2.04. The smallest absolute Gasteiger partial charge is 0.220 e. The predicted molar refractivity (Wildman–Crippen MR) is 83.8 cm³/mol. The van der Waals surface area contributed by atoms with Crippen LogP contribution in [0.4, 0.5) is 0 Å². The van der Waals surface area contributed by atoms with E-state index in [1.54, 1.807) is 18.2 Å². The Kier molecular flexibility index (Phi) is 5.96. The lowest BCUT2D eigenvalue weighted by Crippen LogP contribution is -2.23. The minimum Gasteiger partial charge on any atom is -0.492 e. The van der Waals surface area contributed by atoms with Crippen LogP contribution >= 0.6 is 23.2 Å². The molecule has 1 amide bonds. The third kappa shape index (κ3) is 5.33. The van der Waals surface area contributed by atoms with Gasteiger partial charge in [-0.1, -0.05) is 23.2 Å². The van der Waals surface area contributed by atoms with Crippen LogP contribution in [0.15, 0.2) is 36.5 Å². The van der Waals surface area contributed by atoms with E-state index >= 15 is 0 Å². The molecule has 1 heterocycles. The number of hydrogen-bond acceptors (Lipinski definition) is 2. The second-order valence-corrected chi connectivity index (χ2v) is 5.34. The predicted octanol–water partition coefficient (Wildman–Crippen LogP) is 3.80. The average Bonchev–Trinajstić information content (AvgIpc) is 2.96. The Labute approximate surface area is 133 Å². The summed E-state index contributed by atoms with van der Waals surface area (Å²) in [6, 6.07) is 8.88. The van der Waals surface area contributed by atoms with E-state index in [2.05, 4.69) is 10.3 Å². The van der Waals surface area contributed by atoms with Crippen molar-refractivity contribution in [3.8, 4) is 5.75 Å². The third-order valence-electron chi connectivity index (χ3n) is 2.84. The molecular formula is C15H16Cl2N2O2. The molecule has 6 heteroatoms. The van der Waals surface area contributed by atoms with Crippen molar-refractivity contribution in [3.63, 3.8) is 0 Å². The molecule has 0 unspecified atom stereocenters. The van der Waals surface area contributed by atoms with Crippen LogP contribution in [0.25, 0.3) is 0 Å². The van der Waals surface area contributed by atoms with Gasteiger partial charge in [-0.05, 0) is 36.8 Å². The van der Waals surface area contributed by atoms with Crippen LogP contribution in [0.2, 0.25) is 10.0 Å². The van der Waals surface area contributed by atoms with Crippen LogP contribution in [0.3, 0.4) is 0 Å². The first kappa shape index (κ1) is 15.7. The van der Waals surface area contributed by atoms with Gasteiger partial charge in [-0.25, -0.2) is 0 Å². The van der Waals surface area contributed by atoms with Crippen molar-refractivity contribution in [2.45, 2.75) is 19.4 Å². The van der Waals surface area contributed by atoms with Gasteiger partial charge in [-0.2, -0.15) is 0 Å². The van der Waals surface area contributed by atoms with Crippen LogP contribution in [0.5, 0.6) is 5.75 Å². The summed E-state index contributed by atoms with van der Waals surface area (Å²) in [4.78, 5) is 14.7. The number of H-pyrrole nitrogens is 1. The zero-order valence-corrected chi connectivity index (χ0v) is 12.9. The maximum absolute atomic E-state index is 11.6. The molecule has 1 aromatic carbocycles. The van der Waals surface area contributed by atoms with Gasteiger partial charge < -0.3 is 15.0 Å². The van der Waals surface area contributed by atoms with Crippen LogP contribution in [0, 0.1) is 0 Å². The molecule has 2 N–H and O–H groups in total. The number of halogens is 2. The molecule has 0 aliphatic rings. The molecule has 0 spiro atoms. The van der Waals surface area contributed by atoms with Crippen molar-refractivity contribution >= 4 is 29.1 Å². The number of benzene rings is 1. The molecule has 0 aliphatic carbocycles. The van der Waals surface area contributed by atoms with Gasteiger partial charge in [0.25, 0.3) is 0 Å². The molecule has 0 saturated carbocycles. The summed E-state index contributed by atoms with van der Waals surface area (Å²) in [5.74, 6) is 0.572. The zero-order valence-electron chi connectivity index (χ0n) is 11.4. The van der Waals surface area contributed by atoms with Gasteiger partial charge in [0.2, 0.25) is 5.91 Å². The van der Waals surface area contributed by atoms with Crippen molar-refractivity contribution in [2.24, 2.45) is 0 Å². The van der Waals surface area contributed by atoms with Crippen LogP contribution in [-0.2, 0) is 11.3 Å². The number of amides is 1. The summed E-state index contributed by atoms with van der Waals surface area (Å²) < 4.78 is 5.52. The minimum absolute atomic E-state index is 0.00426. The first-order chi connectivity index (χ1) is 10.1. The van der Waals surface area contributed by atoms with Crippen LogP contribution in [-0.4, -0.2) is 17.5 Å². The van der Waals surface area contributed by atoms with E-state index in [4.69, 9.17) is 27.9 Å². The largest absolute Gasteiger partial charge is 0.492 e. The molecule has 0 fully saturated rings. The Morgan fingerprint density at radius 1 is 1.29 bits per heavy atom. The lowest BCUT2D eigenvalue weighted by molar-refractivity contribution is -0.121. The van der Waals surface area contributed by atoms with E-state index in [0.717, 1.165) is 5.69 Å². The van der Waals surface area contributed by atoms with E-state index in [1.807, 2.05) is 18.3 Å². The summed E-state index contributed by atoms with van der Waals surface area (Å²) in [7, 11) is 0. The minimum atomic E-state index is -0.00426. The van der Waals surface area contributed by atoms with Crippen molar-refractivity contribution in [1.29, 1.82) is 0 Å². The fourth-order valence-electron chi connectivity index (χ4n) is 1.77. The maximum atomic E-state index is 11.6. The molecule has 4 nitrogen and oxygen atoms in total. The maximum Gasteiger partial charge on any atom is 0.220 e. The molecule has 2 aromatic rings. The second kappa shape index (κ2) is 7.96. The molecule has 21 heavy (non-hydrogen) atoms.